The van der Waals surface area contributed by atoms with Crippen molar-refractivity contribution in [3.05, 3.63) is 58.7 Å². The van der Waals surface area contributed by atoms with E-state index in [9.17, 15) is 26.3 Å². The molecule has 0 spiro atoms. The Hall–Kier alpha value is -1.98. The maximum atomic E-state index is 12.9. The van der Waals surface area contributed by atoms with Crippen LogP contribution in [0.25, 0.3) is 11.1 Å². The summed E-state index contributed by atoms with van der Waals surface area (Å²) < 4.78 is 76.8. The zero-order chi connectivity index (χ0) is 16.7. The Labute approximate surface area is 123 Å². The molecule has 0 aliphatic heterocycles. The van der Waals surface area contributed by atoms with Gasteiger partial charge in [-0.2, -0.15) is 26.3 Å². The van der Waals surface area contributed by atoms with Crippen LogP contribution in [-0.4, -0.2) is 0 Å². The normalized spacial score (nSPS) is 12.5. The van der Waals surface area contributed by atoms with Gasteiger partial charge in [-0.3, -0.25) is 0 Å². The van der Waals surface area contributed by atoms with Gasteiger partial charge < -0.3 is 0 Å². The van der Waals surface area contributed by atoms with Crippen LogP contribution in [0.1, 0.15) is 22.3 Å². The predicted molar refractivity (Wildman–Crippen MR) is 71.4 cm³/mol. The first-order valence-electron chi connectivity index (χ1n) is 6.36. The van der Waals surface area contributed by atoms with Gasteiger partial charge in [-0.25, -0.2) is 0 Å². The second kappa shape index (κ2) is 5.34. The molecule has 0 saturated heterocycles. The summed E-state index contributed by atoms with van der Waals surface area (Å²) in [6, 6.07) is 7.04. The molecule has 6 heteroatoms. The number of hydrogen-bond acceptors (Lipinski definition) is 0. The second-order valence-electron chi connectivity index (χ2n) is 5.05. The van der Waals surface area contributed by atoms with E-state index < -0.39 is 23.5 Å². The molecular formula is C16H12F6. The number of alkyl halides is 6. The van der Waals surface area contributed by atoms with Crippen LogP contribution in [0.15, 0.2) is 36.4 Å². The highest BCUT2D eigenvalue weighted by Crippen LogP contribution is 2.37. The van der Waals surface area contributed by atoms with Gasteiger partial charge in [-0.15, -0.1) is 0 Å². The van der Waals surface area contributed by atoms with Crippen LogP contribution >= 0.6 is 0 Å². The topological polar surface area (TPSA) is 0 Å². The number of benzene rings is 2. The van der Waals surface area contributed by atoms with Gasteiger partial charge in [0.05, 0.1) is 11.1 Å². The third-order valence-corrected chi connectivity index (χ3v) is 3.41. The summed E-state index contributed by atoms with van der Waals surface area (Å²) in [5, 5.41) is 0. The molecule has 2 aromatic carbocycles. The van der Waals surface area contributed by atoms with E-state index in [1.807, 2.05) is 0 Å². The maximum Gasteiger partial charge on any atom is 0.416 e. The smallest absolute Gasteiger partial charge is 0.166 e. The molecule has 118 valence electrons. The van der Waals surface area contributed by atoms with Crippen LogP contribution < -0.4 is 0 Å². The first-order valence-corrected chi connectivity index (χ1v) is 6.36. The van der Waals surface area contributed by atoms with Crippen molar-refractivity contribution in [1.29, 1.82) is 0 Å². The molecule has 0 bridgehead atoms. The predicted octanol–water partition coefficient (Wildman–Crippen LogP) is 6.01. The minimum absolute atomic E-state index is 0.0286. The largest absolute Gasteiger partial charge is 0.416 e. The third-order valence-electron chi connectivity index (χ3n) is 3.41. The lowest BCUT2D eigenvalue weighted by atomic mass is 9.96. The highest BCUT2D eigenvalue weighted by Gasteiger charge is 2.33. The van der Waals surface area contributed by atoms with Crippen LogP contribution in [0.2, 0.25) is 0 Å². The Bertz CT molecular complexity index is 695. The fourth-order valence-corrected chi connectivity index (χ4v) is 2.27. The minimum Gasteiger partial charge on any atom is -0.166 e. The summed E-state index contributed by atoms with van der Waals surface area (Å²) in [6.07, 6.45) is -8.98. The third kappa shape index (κ3) is 3.26. The molecule has 2 rings (SSSR count). The summed E-state index contributed by atoms with van der Waals surface area (Å²) in [6.45, 7) is 2.62. The molecule has 0 radical (unpaired) electrons. The van der Waals surface area contributed by atoms with Gasteiger partial charge >= 0.3 is 12.4 Å². The highest BCUT2D eigenvalue weighted by molar-refractivity contribution is 5.66. The maximum absolute atomic E-state index is 12.9. The van der Waals surface area contributed by atoms with Crippen LogP contribution in [0.3, 0.4) is 0 Å². The first-order chi connectivity index (χ1) is 10.00. The van der Waals surface area contributed by atoms with Gasteiger partial charge in [0.2, 0.25) is 0 Å². The Morgan fingerprint density at radius 2 is 1.09 bits per heavy atom. The lowest BCUT2D eigenvalue weighted by molar-refractivity contribution is -0.138. The molecule has 0 nitrogen and oxygen atoms in total. The fourth-order valence-electron chi connectivity index (χ4n) is 2.27. The molecule has 0 fully saturated rings. The summed E-state index contributed by atoms with van der Waals surface area (Å²) in [5.41, 5.74) is -0.994. The van der Waals surface area contributed by atoms with Crippen molar-refractivity contribution in [2.24, 2.45) is 0 Å². The summed E-state index contributed by atoms with van der Waals surface area (Å²) >= 11 is 0. The van der Waals surface area contributed by atoms with E-state index >= 15 is 0 Å². The molecule has 0 atom stereocenters. The number of hydrogen-bond donors (Lipinski definition) is 0. The second-order valence-corrected chi connectivity index (χ2v) is 5.05. The molecule has 0 saturated carbocycles. The number of halogens is 6. The van der Waals surface area contributed by atoms with E-state index in [1.54, 1.807) is 0 Å². The fraction of sp³-hybridized carbons (Fsp3) is 0.250. The zero-order valence-electron chi connectivity index (χ0n) is 11.7. The lowest BCUT2D eigenvalue weighted by Crippen LogP contribution is -2.08. The Morgan fingerprint density at radius 1 is 0.591 bits per heavy atom. The van der Waals surface area contributed by atoms with E-state index in [2.05, 4.69) is 0 Å². The van der Waals surface area contributed by atoms with Crippen LogP contribution in [-0.2, 0) is 12.4 Å². The van der Waals surface area contributed by atoms with E-state index in [1.165, 1.54) is 38.1 Å². The molecule has 0 aliphatic carbocycles. The van der Waals surface area contributed by atoms with E-state index in [0.717, 1.165) is 12.1 Å². The van der Waals surface area contributed by atoms with Gasteiger partial charge in [0, 0.05) is 0 Å². The van der Waals surface area contributed by atoms with Crippen LogP contribution in [0.4, 0.5) is 26.3 Å². The van der Waals surface area contributed by atoms with Crippen molar-refractivity contribution < 1.29 is 26.3 Å². The van der Waals surface area contributed by atoms with Crippen molar-refractivity contribution in [3.8, 4) is 11.1 Å². The van der Waals surface area contributed by atoms with E-state index in [0.29, 0.717) is 5.56 Å². The van der Waals surface area contributed by atoms with Gasteiger partial charge in [-0.1, -0.05) is 24.3 Å². The van der Waals surface area contributed by atoms with Gasteiger partial charge in [0.25, 0.3) is 0 Å². The van der Waals surface area contributed by atoms with Crippen molar-refractivity contribution >= 4 is 0 Å². The Balaban J connectivity index is 2.52. The summed E-state index contributed by atoms with van der Waals surface area (Å²) in [4.78, 5) is 0. The molecular weight excluding hydrogens is 306 g/mol. The number of aryl methyl sites for hydroxylation is 2. The van der Waals surface area contributed by atoms with Crippen molar-refractivity contribution in [1.82, 2.24) is 0 Å². The Kier molecular flexibility index (Phi) is 3.98. The van der Waals surface area contributed by atoms with Crippen molar-refractivity contribution in [2.45, 2.75) is 26.2 Å². The van der Waals surface area contributed by atoms with Crippen LogP contribution in [0.5, 0.6) is 0 Å². The molecule has 0 unspecified atom stereocenters. The first kappa shape index (κ1) is 16.4. The SMILES string of the molecule is Cc1cc(-c2ccc(C)c(C(F)(F)F)c2)ccc1C(F)(F)F. The molecule has 22 heavy (non-hydrogen) atoms. The molecule has 0 amide bonds. The zero-order valence-corrected chi connectivity index (χ0v) is 11.7. The van der Waals surface area contributed by atoms with Gasteiger partial charge in [-0.05, 0) is 48.2 Å². The summed E-state index contributed by atoms with van der Waals surface area (Å²) in [5.74, 6) is 0. The molecule has 2 aromatic rings. The van der Waals surface area contributed by atoms with Gasteiger partial charge in [0.1, 0.15) is 0 Å². The average Bonchev–Trinajstić information content (AvgIpc) is 2.36. The minimum atomic E-state index is -4.50. The molecule has 0 N–H and O–H groups in total. The summed E-state index contributed by atoms with van der Waals surface area (Å²) in [7, 11) is 0. The number of rotatable bonds is 1. The van der Waals surface area contributed by atoms with Crippen molar-refractivity contribution in [3.63, 3.8) is 0 Å². The van der Waals surface area contributed by atoms with Crippen molar-refractivity contribution in [2.75, 3.05) is 0 Å². The Morgan fingerprint density at radius 3 is 1.59 bits per heavy atom. The molecule has 0 aromatic heterocycles. The van der Waals surface area contributed by atoms with E-state index in [-0.39, 0.29) is 16.7 Å². The standard InChI is InChI=1S/C16H12F6/c1-9-3-4-12(8-14(9)16(20,21)22)11-5-6-13(10(2)7-11)15(17,18)19/h3-8H,1-2H3. The highest BCUT2D eigenvalue weighted by atomic mass is 19.4. The lowest BCUT2D eigenvalue weighted by Gasteiger charge is -2.14. The quantitative estimate of drug-likeness (QED) is 0.565. The van der Waals surface area contributed by atoms with Gasteiger partial charge in [0.15, 0.2) is 0 Å². The van der Waals surface area contributed by atoms with Crippen LogP contribution in [0, 0.1) is 13.8 Å². The molecule has 0 aliphatic rings. The average molecular weight is 318 g/mol. The monoisotopic (exact) mass is 318 g/mol. The van der Waals surface area contributed by atoms with E-state index in [4.69, 9.17) is 0 Å². The molecule has 0 heterocycles.